The minimum Gasteiger partial charge on any atom is -0.497 e. The van der Waals surface area contributed by atoms with E-state index in [1.807, 2.05) is 0 Å². The van der Waals surface area contributed by atoms with Crippen LogP contribution in [0.3, 0.4) is 0 Å². The summed E-state index contributed by atoms with van der Waals surface area (Å²) in [5.74, 6) is 0.344. The van der Waals surface area contributed by atoms with Crippen molar-refractivity contribution in [2.24, 2.45) is 0 Å². The maximum absolute atomic E-state index is 12.7. The molecule has 0 aliphatic heterocycles. The second kappa shape index (κ2) is 8.83. The molecule has 0 spiro atoms. The van der Waals surface area contributed by atoms with Gasteiger partial charge in [0.25, 0.3) is 0 Å². The molecule has 0 N–H and O–H groups in total. The average Bonchev–Trinajstić information content (AvgIpc) is 2.72. The van der Waals surface area contributed by atoms with Crippen LogP contribution in [0.5, 0.6) is 5.75 Å². The van der Waals surface area contributed by atoms with Crippen LogP contribution in [0.1, 0.15) is 28.7 Å². The van der Waals surface area contributed by atoms with E-state index in [2.05, 4.69) is 0 Å². The van der Waals surface area contributed by atoms with Gasteiger partial charge < -0.3 is 14.1 Å². The van der Waals surface area contributed by atoms with Gasteiger partial charge >= 0.3 is 11.8 Å². The van der Waals surface area contributed by atoms with Crippen molar-refractivity contribution in [2.75, 3.05) is 14.2 Å². The van der Waals surface area contributed by atoms with Gasteiger partial charge in [0.05, 0.1) is 12.7 Å². The molecule has 0 saturated carbocycles. The summed E-state index contributed by atoms with van der Waals surface area (Å²) in [6, 6.07) is 9.89. The Kier molecular flexibility index (Phi) is 6.38. The monoisotopic (exact) mass is 433 g/mol. The van der Waals surface area contributed by atoms with Crippen LogP contribution in [0.2, 0.25) is 0 Å². The van der Waals surface area contributed by atoms with E-state index < -0.39 is 17.4 Å². The zero-order valence-electron chi connectivity index (χ0n) is 17.4. The van der Waals surface area contributed by atoms with Crippen LogP contribution in [-0.4, -0.2) is 25.0 Å². The van der Waals surface area contributed by atoms with Crippen LogP contribution in [0.15, 0.2) is 51.7 Å². The lowest BCUT2D eigenvalue weighted by atomic mass is 10.0. The molecule has 5 nitrogen and oxygen atoms in total. The van der Waals surface area contributed by atoms with Crippen molar-refractivity contribution >= 4 is 16.9 Å². The summed E-state index contributed by atoms with van der Waals surface area (Å²) < 4.78 is 48.5. The molecule has 0 aliphatic rings. The zero-order valence-corrected chi connectivity index (χ0v) is 17.4. The van der Waals surface area contributed by atoms with E-state index in [1.165, 1.54) is 24.1 Å². The van der Waals surface area contributed by atoms with Crippen LogP contribution in [0.4, 0.5) is 13.2 Å². The Labute approximate surface area is 177 Å². The predicted octanol–water partition coefficient (Wildman–Crippen LogP) is 4.72. The fourth-order valence-corrected chi connectivity index (χ4v) is 3.37. The standard InChI is InChI=1S/C23H22F3NO4/c1-14-18-9-8-17(30-3)12-20(18)31-22(29)19(14)10-11-21(28)27(2)13-15-4-6-16(7-5-15)23(24,25)26/h4-9,12H,10-11,13H2,1-3H3. The minimum atomic E-state index is -4.40. The molecule has 31 heavy (non-hydrogen) atoms. The number of rotatable bonds is 6. The lowest BCUT2D eigenvalue weighted by Gasteiger charge is -2.18. The van der Waals surface area contributed by atoms with Gasteiger partial charge in [-0.15, -0.1) is 0 Å². The summed E-state index contributed by atoms with van der Waals surface area (Å²) in [7, 11) is 3.09. The molecule has 164 valence electrons. The molecule has 1 amide bonds. The first kappa shape index (κ1) is 22.4. The molecule has 1 aromatic heterocycles. The van der Waals surface area contributed by atoms with E-state index in [-0.39, 0.29) is 25.3 Å². The van der Waals surface area contributed by atoms with Gasteiger partial charge in [0.15, 0.2) is 0 Å². The van der Waals surface area contributed by atoms with Crippen LogP contribution in [-0.2, 0) is 23.9 Å². The van der Waals surface area contributed by atoms with Gasteiger partial charge in [-0.2, -0.15) is 13.2 Å². The highest BCUT2D eigenvalue weighted by Gasteiger charge is 2.30. The van der Waals surface area contributed by atoms with Crippen LogP contribution in [0, 0.1) is 6.92 Å². The maximum Gasteiger partial charge on any atom is 0.416 e. The number of fused-ring (bicyclic) bond motifs is 1. The van der Waals surface area contributed by atoms with Gasteiger partial charge in [-0.3, -0.25) is 4.79 Å². The Balaban J connectivity index is 1.68. The van der Waals surface area contributed by atoms with Gasteiger partial charge in [0.2, 0.25) is 5.91 Å². The molecule has 0 aliphatic carbocycles. The van der Waals surface area contributed by atoms with Gasteiger partial charge in [0, 0.05) is 37.0 Å². The van der Waals surface area contributed by atoms with Crippen LogP contribution in [0.25, 0.3) is 11.0 Å². The molecule has 3 aromatic rings. The second-order valence-corrected chi connectivity index (χ2v) is 7.30. The minimum absolute atomic E-state index is 0.0738. The molecular formula is C23H22F3NO4. The third kappa shape index (κ3) is 5.07. The number of benzene rings is 2. The second-order valence-electron chi connectivity index (χ2n) is 7.30. The maximum atomic E-state index is 12.7. The van der Waals surface area contributed by atoms with E-state index in [1.54, 1.807) is 32.2 Å². The zero-order chi connectivity index (χ0) is 22.8. The number of ether oxygens (including phenoxy) is 1. The molecule has 0 atom stereocenters. The van der Waals surface area contributed by atoms with Crippen molar-refractivity contribution in [3.63, 3.8) is 0 Å². The number of hydrogen-bond donors (Lipinski definition) is 0. The van der Waals surface area contributed by atoms with Gasteiger partial charge in [-0.05, 0) is 48.7 Å². The summed E-state index contributed by atoms with van der Waals surface area (Å²) in [6.45, 7) is 1.97. The number of nitrogens with zero attached hydrogens (tertiary/aromatic N) is 1. The first-order chi connectivity index (χ1) is 14.6. The largest absolute Gasteiger partial charge is 0.497 e. The molecule has 0 fully saturated rings. The fraction of sp³-hybridized carbons (Fsp3) is 0.304. The Morgan fingerprint density at radius 2 is 1.81 bits per heavy atom. The molecule has 2 aromatic carbocycles. The third-order valence-corrected chi connectivity index (χ3v) is 5.21. The first-order valence-corrected chi connectivity index (χ1v) is 9.60. The molecule has 3 rings (SSSR count). The number of amides is 1. The van der Waals surface area contributed by atoms with Crippen molar-refractivity contribution in [2.45, 2.75) is 32.5 Å². The quantitative estimate of drug-likeness (QED) is 0.528. The number of alkyl halides is 3. The van der Waals surface area contributed by atoms with E-state index in [0.717, 1.165) is 23.1 Å². The summed E-state index contributed by atoms with van der Waals surface area (Å²) >= 11 is 0. The number of hydrogen-bond acceptors (Lipinski definition) is 4. The van der Waals surface area contributed by atoms with E-state index >= 15 is 0 Å². The van der Waals surface area contributed by atoms with Gasteiger partial charge in [-0.25, -0.2) is 4.79 Å². The van der Waals surface area contributed by atoms with Crippen LogP contribution < -0.4 is 10.4 Å². The SMILES string of the molecule is COc1ccc2c(C)c(CCC(=O)N(C)Cc3ccc(C(F)(F)F)cc3)c(=O)oc2c1. The van der Waals surface area contributed by atoms with Crippen molar-refractivity contribution in [3.05, 3.63) is 75.1 Å². The lowest BCUT2D eigenvalue weighted by molar-refractivity contribution is -0.137. The highest BCUT2D eigenvalue weighted by molar-refractivity contribution is 5.82. The molecule has 0 bridgehead atoms. The van der Waals surface area contributed by atoms with E-state index in [0.29, 0.717) is 22.5 Å². The Morgan fingerprint density at radius 1 is 1.13 bits per heavy atom. The molecule has 0 unspecified atom stereocenters. The lowest BCUT2D eigenvalue weighted by Crippen LogP contribution is -2.27. The summed E-state index contributed by atoms with van der Waals surface area (Å²) in [6.07, 6.45) is -4.12. The summed E-state index contributed by atoms with van der Waals surface area (Å²) in [5, 5.41) is 0.765. The smallest absolute Gasteiger partial charge is 0.416 e. The van der Waals surface area contributed by atoms with E-state index in [4.69, 9.17) is 9.15 Å². The van der Waals surface area contributed by atoms with Crippen molar-refractivity contribution < 1.29 is 27.1 Å². The van der Waals surface area contributed by atoms with Crippen LogP contribution >= 0.6 is 0 Å². The van der Waals surface area contributed by atoms with E-state index in [9.17, 15) is 22.8 Å². The average molecular weight is 433 g/mol. The Bertz CT molecular complexity index is 1150. The van der Waals surface area contributed by atoms with Gasteiger partial charge in [-0.1, -0.05) is 12.1 Å². The topological polar surface area (TPSA) is 59.8 Å². The molecule has 0 saturated heterocycles. The van der Waals surface area contributed by atoms with Crippen molar-refractivity contribution in [3.8, 4) is 5.75 Å². The summed E-state index contributed by atoms with van der Waals surface area (Å²) in [5.41, 5.74) is 0.925. The molecule has 1 heterocycles. The molecular weight excluding hydrogens is 411 g/mol. The number of aryl methyl sites for hydroxylation is 1. The highest BCUT2D eigenvalue weighted by Crippen LogP contribution is 2.29. The third-order valence-electron chi connectivity index (χ3n) is 5.21. The number of halogens is 3. The Hall–Kier alpha value is -3.29. The number of carbonyl (C=O) groups is 1. The molecule has 0 radical (unpaired) electrons. The highest BCUT2D eigenvalue weighted by atomic mass is 19.4. The summed E-state index contributed by atoms with van der Waals surface area (Å²) in [4.78, 5) is 26.4. The first-order valence-electron chi connectivity index (χ1n) is 9.60. The number of carbonyl (C=O) groups excluding carboxylic acids is 1. The normalized spacial score (nSPS) is 11.5. The fourth-order valence-electron chi connectivity index (χ4n) is 3.37. The Morgan fingerprint density at radius 3 is 2.42 bits per heavy atom. The number of methoxy groups -OCH3 is 1. The van der Waals surface area contributed by atoms with Crippen molar-refractivity contribution in [1.29, 1.82) is 0 Å². The molecule has 8 heteroatoms. The van der Waals surface area contributed by atoms with Gasteiger partial charge in [0.1, 0.15) is 11.3 Å². The van der Waals surface area contributed by atoms with Crippen molar-refractivity contribution in [1.82, 2.24) is 4.90 Å². The predicted molar refractivity (Wildman–Crippen MR) is 110 cm³/mol.